The van der Waals surface area contributed by atoms with Crippen LogP contribution in [0.2, 0.25) is 0 Å². The number of thiophene rings is 1. The Bertz CT molecular complexity index is 487. The molecule has 0 N–H and O–H groups in total. The summed E-state index contributed by atoms with van der Waals surface area (Å²) in [6, 6.07) is 2.09. The second-order valence-corrected chi connectivity index (χ2v) is 4.22. The number of aromatic nitrogens is 2. The van der Waals surface area contributed by atoms with E-state index in [1.807, 2.05) is 0 Å². The van der Waals surface area contributed by atoms with Crippen molar-refractivity contribution in [2.75, 3.05) is 0 Å². The Kier molecular flexibility index (Phi) is 2.45. The van der Waals surface area contributed by atoms with Crippen molar-refractivity contribution >= 4 is 11.3 Å². The van der Waals surface area contributed by atoms with Gasteiger partial charge in [-0.3, -0.25) is 9.78 Å². The van der Waals surface area contributed by atoms with Crippen molar-refractivity contribution in [1.29, 1.82) is 0 Å². The van der Waals surface area contributed by atoms with Crippen molar-refractivity contribution in [2.45, 2.75) is 13.5 Å². The first-order valence-electron chi connectivity index (χ1n) is 4.30. The molecule has 2 aromatic heterocycles. The summed E-state index contributed by atoms with van der Waals surface area (Å²) in [5.41, 5.74) is 1.11. The Hall–Kier alpha value is -1.42. The zero-order chi connectivity index (χ0) is 9.97. The van der Waals surface area contributed by atoms with Crippen LogP contribution < -0.4 is 5.56 Å². The van der Waals surface area contributed by atoms with E-state index in [1.54, 1.807) is 28.3 Å². The highest BCUT2D eigenvalue weighted by atomic mass is 32.1. The summed E-state index contributed by atoms with van der Waals surface area (Å²) >= 11 is 1.70. The van der Waals surface area contributed by atoms with E-state index in [4.69, 9.17) is 0 Å². The Labute approximate surface area is 85.7 Å². The molecule has 2 aromatic rings. The average Bonchev–Trinajstić information content (AvgIpc) is 2.56. The molecule has 2 heterocycles. The molecule has 14 heavy (non-hydrogen) atoms. The number of aryl methyl sites for hydroxylation is 1. The highest BCUT2D eigenvalue weighted by Crippen LogP contribution is 2.13. The molecule has 0 aliphatic rings. The van der Waals surface area contributed by atoms with Crippen LogP contribution in [0.15, 0.2) is 34.8 Å². The molecule has 0 atom stereocenters. The molecular formula is C10H10N2OS. The van der Waals surface area contributed by atoms with E-state index in [2.05, 4.69) is 23.4 Å². The monoisotopic (exact) mass is 206 g/mol. The van der Waals surface area contributed by atoms with E-state index in [0.29, 0.717) is 6.54 Å². The van der Waals surface area contributed by atoms with Crippen LogP contribution in [-0.4, -0.2) is 9.55 Å². The molecule has 0 aliphatic carbocycles. The van der Waals surface area contributed by atoms with Crippen molar-refractivity contribution in [3.05, 3.63) is 50.8 Å². The predicted molar refractivity (Wildman–Crippen MR) is 56.7 cm³/mol. The summed E-state index contributed by atoms with van der Waals surface area (Å²) in [6.07, 6.45) is 4.66. The van der Waals surface area contributed by atoms with Crippen LogP contribution in [0.4, 0.5) is 0 Å². The minimum Gasteiger partial charge on any atom is -0.308 e. The normalized spacial score (nSPS) is 10.4. The van der Waals surface area contributed by atoms with Crippen LogP contribution in [0.5, 0.6) is 0 Å². The van der Waals surface area contributed by atoms with E-state index >= 15 is 0 Å². The summed E-state index contributed by atoms with van der Waals surface area (Å²) in [6.45, 7) is 2.69. The van der Waals surface area contributed by atoms with Crippen molar-refractivity contribution in [1.82, 2.24) is 9.55 Å². The first-order chi connectivity index (χ1) is 6.75. The Morgan fingerprint density at radius 3 is 3.07 bits per heavy atom. The van der Waals surface area contributed by atoms with Gasteiger partial charge < -0.3 is 4.57 Å². The number of hydrogen-bond acceptors (Lipinski definition) is 3. The fraction of sp³-hybridized carbons (Fsp3) is 0.200. The Morgan fingerprint density at radius 1 is 1.57 bits per heavy atom. The van der Waals surface area contributed by atoms with Crippen molar-refractivity contribution < 1.29 is 0 Å². The van der Waals surface area contributed by atoms with E-state index in [-0.39, 0.29) is 5.56 Å². The molecule has 0 radical (unpaired) electrons. The van der Waals surface area contributed by atoms with Gasteiger partial charge in [0.25, 0.3) is 5.56 Å². The van der Waals surface area contributed by atoms with Crippen LogP contribution in [0.3, 0.4) is 0 Å². The van der Waals surface area contributed by atoms with Gasteiger partial charge >= 0.3 is 0 Å². The Balaban J connectivity index is 2.27. The smallest absolute Gasteiger partial charge is 0.269 e. The van der Waals surface area contributed by atoms with Crippen molar-refractivity contribution in [2.24, 2.45) is 0 Å². The van der Waals surface area contributed by atoms with Gasteiger partial charge in [0, 0.05) is 17.3 Å². The maximum atomic E-state index is 11.3. The number of rotatable bonds is 2. The standard InChI is InChI=1S/C10H10N2OS/c1-8-4-9(7-14-8)6-12-3-2-11-5-10(12)13/h2-5,7H,6H2,1H3. The lowest BCUT2D eigenvalue weighted by atomic mass is 10.3. The molecule has 0 aliphatic heterocycles. The van der Waals surface area contributed by atoms with Gasteiger partial charge in [0.05, 0.1) is 12.7 Å². The second kappa shape index (κ2) is 3.75. The minimum atomic E-state index is -0.0589. The number of hydrogen-bond donors (Lipinski definition) is 0. The molecule has 0 saturated heterocycles. The summed E-state index contributed by atoms with van der Waals surface area (Å²) in [4.78, 5) is 16.4. The lowest BCUT2D eigenvalue weighted by Gasteiger charge is -2.01. The fourth-order valence-corrected chi connectivity index (χ4v) is 1.98. The largest absolute Gasteiger partial charge is 0.308 e. The molecule has 0 saturated carbocycles. The highest BCUT2D eigenvalue weighted by molar-refractivity contribution is 7.10. The molecule has 2 rings (SSSR count). The first kappa shape index (κ1) is 9.15. The van der Waals surface area contributed by atoms with E-state index in [9.17, 15) is 4.79 Å². The zero-order valence-electron chi connectivity index (χ0n) is 7.80. The number of nitrogens with zero attached hydrogens (tertiary/aromatic N) is 2. The summed E-state index contributed by atoms with van der Waals surface area (Å²) in [5.74, 6) is 0. The maximum Gasteiger partial charge on any atom is 0.269 e. The third-order valence-electron chi connectivity index (χ3n) is 1.94. The quantitative estimate of drug-likeness (QED) is 0.749. The predicted octanol–water partition coefficient (Wildman–Crippen LogP) is 1.66. The minimum absolute atomic E-state index is 0.0589. The van der Waals surface area contributed by atoms with Gasteiger partial charge in [0.1, 0.15) is 0 Å². The topological polar surface area (TPSA) is 34.9 Å². The summed E-state index contributed by atoms with van der Waals surface area (Å²) in [5, 5.41) is 2.07. The molecular weight excluding hydrogens is 196 g/mol. The average molecular weight is 206 g/mol. The van der Waals surface area contributed by atoms with Gasteiger partial charge in [-0.2, -0.15) is 0 Å². The molecule has 0 aromatic carbocycles. The van der Waals surface area contributed by atoms with Crippen molar-refractivity contribution in [3.8, 4) is 0 Å². The van der Waals surface area contributed by atoms with E-state index < -0.39 is 0 Å². The van der Waals surface area contributed by atoms with Crippen LogP contribution in [-0.2, 0) is 6.54 Å². The third-order valence-corrected chi connectivity index (χ3v) is 2.85. The van der Waals surface area contributed by atoms with Crippen LogP contribution in [0.1, 0.15) is 10.4 Å². The molecule has 0 amide bonds. The van der Waals surface area contributed by atoms with Gasteiger partial charge in [-0.1, -0.05) is 0 Å². The van der Waals surface area contributed by atoms with Crippen LogP contribution in [0, 0.1) is 6.92 Å². The molecule has 3 nitrogen and oxygen atoms in total. The van der Waals surface area contributed by atoms with Crippen LogP contribution in [0.25, 0.3) is 0 Å². The van der Waals surface area contributed by atoms with Gasteiger partial charge in [0.15, 0.2) is 0 Å². The van der Waals surface area contributed by atoms with Crippen LogP contribution >= 0.6 is 11.3 Å². The van der Waals surface area contributed by atoms with Crippen molar-refractivity contribution in [3.63, 3.8) is 0 Å². The van der Waals surface area contributed by atoms with Gasteiger partial charge in [-0.15, -0.1) is 11.3 Å². The first-order valence-corrected chi connectivity index (χ1v) is 5.18. The maximum absolute atomic E-state index is 11.3. The second-order valence-electron chi connectivity index (χ2n) is 3.11. The lowest BCUT2D eigenvalue weighted by Crippen LogP contribution is -2.18. The molecule has 0 unspecified atom stereocenters. The zero-order valence-corrected chi connectivity index (χ0v) is 8.62. The SMILES string of the molecule is Cc1cc(Cn2ccncc2=O)cs1. The molecule has 0 fully saturated rings. The van der Waals surface area contributed by atoms with E-state index in [1.165, 1.54) is 16.6 Å². The fourth-order valence-electron chi connectivity index (χ4n) is 1.28. The van der Waals surface area contributed by atoms with Gasteiger partial charge in [-0.25, -0.2) is 0 Å². The molecule has 72 valence electrons. The molecule has 0 spiro atoms. The van der Waals surface area contributed by atoms with Gasteiger partial charge in [0.2, 0.25) is 0 Å². The Morgan fingerprint density at radius 2 is 2.43 bits per heavy atom. The molecule has 0 bridgehead atoms. The lowest BCUT2D eigenvalue weighted by molar-refractivity contribution is 0.750. The highest BCUT2D eigenvalue weighted by Gasteiger charge is 1.98. The third kappa shape index (κ3) is 1.90. The molecule has 4 heteroatoms. The summed E-state index contributed by atoms with van der Waals surface area (Å²) < 4.78 is 1.65. The summed E-state index contributed by atoms with van der Waals surface area (Å²) in [7, 11) is 0. The van der Waals surface area contributed by atoms with E-state index in [0.717, 1.165) is 0 Å². The van der Waals surface area contributed by atoms with Gasteiger partial charge in [-0.05, 0) is 23.9 Å².